The summed E-state index contributed by atoms with van der Waals surface area (Å²) in [6.45, 7) is 0.143. The molecule has 7 heteroatoms. The van der Waals surface area contributed by atoms with Crippen LogP contribution in [-0.2, 0) is 6.54 Å². The molecule has 1 amide bonds. The van der Waals surface area contributed by atoms with Gasteiger partial charge in [0.05, 0.1) is 15.7 Å². The lowest BCUT2D eigenvalue weighted by Crippen LogP contribution is -2.12. The molecule has 0 bridgehead atoms. The monoisotopic (exact) mass is 390 g/mol. The topological polar surface area (TPSA) is 55.1 Å². The molecule has 2 aromatic carbocycles. The second-order valence-corrected chi connectivity index (χ2v) is 5.86. The summed E-state index contributed by atoms with van der Waals surface area (Å²) in [4.78, 5) is 11.1. The number of hydrogen-bond donors (Lipinski definition) is 2. The van der Waals surface area contributed by atoms with Crippen molar-refractivity contribution in [2.45, 2.75) is 6.54 Å². The minimum absolute atomic E-state index is 0.143. The maximum absolute atomic E-state index is 13.7. The molecule has 2 aromatic rings. The molecule has 21 heavy (non-hydrogen) atoms. The molecule has 0 aliphatic rings. The Morgan fingerprint density at radius 3 is 2.62 bits per heavy atom. The van der Waals surface area contributed by atoms with E-state index in [1.807, 2.05) is 0 Å². The van der Waals surface area contributed by atoms with Crippen molar-refractivity contribution in [3.8, 4) is 0 Å². The number of rotatable bonds is 4. The van der Waals surface area contributed by atoms with Gasteiger partial charge in [-0.25, -0.2) is 4.39 Å². The summed E-state index contributed by atoms with van der Waals surface area (Å²) in [7, 11) is 0. The lowest BCUT2D eigenvalue weighted by Gasteiger charge is -2.11. The van der Waals surface area contributed by atoms with Crippen LogP contribution in [-0.4, -0.2) is 5.91 Å². The van der Waals surface area contributed by atoms with Gasteiger partial charge in [-0.3, -0.25) is 4.79 Å². The molecule has 110 valence electrons. The highest BCUT2D eigenvalue weighted by atomic mass is 79.9. The highest BCUT2D eigenvalue weighted by Gasteiger charge is 2.10. The van der Waals surface area contributed by atoms with Gasteiger partial charge in [0.25, 0.3) is 0 Å². The lowest BCUT2D eigenvalue weighted by atomic mass is 10.1. The van der Waals surface area contributed by atoms with Gasteiger partial charge in [-0.2, -0.15) is 0 Å². The number of benzene rings is 2. The zero-order chi connectivity index (χ0) is 15.6. The molecule has 2 rings (SSSR count). The maximum atomic E-state index is 13.7. The average Bonchev–Trinajstić information content (AvgIpc) is 2.45. The summed E-state index contributed by atoms with van der Waals surface area (Å²) in [5.74, 6) is -1.05. The van der Waals surface area contributed by atoms with Gasteiger partial charge in [-0.05, 0) is 46.3 Å². The number of primary amides is 1. The number of hydrogen-bond acceptors (Lipinski definition) is 2. The number of carbonyl (C=O) groups excluding carboxylic acids is 1. The number of carbonyl (C=O) groups is 1. The van der Waals surface area contributed by atoms with E-state index in [0.717, 1.165) is 0 Å². The third-order valence-electron chi connectivity index (χ3n) is 2.83. The predicted molar refractivity (Wildman–Crippen MR) is 86.4 cm³/mol. The van der Waals surface area contributed by atoms with Crippen molar-refractivity contribution >= 4 is 50.7 Å². The molecular weight excluding hydrogens is 382 g/mol. The van der Waals surface area contributed by atoms with E-state index in [0.29, 0.717) is 25.8 Å². The largest absolute Gasteiger partial charge is 0.380 e. The summed E-state index contributed by atoms with van der Waals surface area (Å²) < 4.78 is 14.4. The Morgan fingerprint density at radius 2 is 1.95 bits per heavy atom. The van der Waals surface area contributed by atoms with Crippen LogP contribution in [0.2, 0.25) is 10.0 Å². The van der Waals surface area contributed by atoms with Crippen LogP contribution in [0.1, 0.15) is 15.9 Å². The molecule has 3 nitrogen and oxygen atoms in total. The summed E-state index contributed by atoms with van der Waals surface area (Å²) in [5, 5.41) is 3.67. The van der Waals surface area contributed by atoms with Crippen LogP contribution in [0.3, 0.4) is 0 Å². The van der Waals surface area contributed by atoms with Crippen LogP contribution in [0.4, 0.5) is 10.1 Å². The first-order valence-electron chi connectivity index (χ1n) is 5.85. The second-order valence-electron chi connectivity index (χ2n) is 4.25. The van der Waals surface area contributed by atoms with E-state index in [-0.39, 0.29) is 12.1 Å². The molecule has 0 fully saturated rings. The first kappa shape index (κ1) is 16.1. The quantitative estimate of drug-likeness (QED) is 0.748. The fourth-order valence-electron chi connectivity index (χ4n) is 1.72. The fraction of sp³-hybridized carbons (Fsp3) is 0.0714. The van der Waals surface area contributed by atoms with E-state index in [4.69, 9.17) is 28.9 Å². The third kappa shape index (κ3) is 3.67. The van der Waals surface area contributed by atoms with Gasteiger partial charge in [0, 0.05) is 22.1 Å². The first-order chi connectivity index (χ1) is 9.90. The Labute approximate surface area is 139 Å². The minimum atomic E-state index is -0.610. The second kappa shape index (κ2) is 6.64. The zero-order valence-electron chi connectivity index (χ0n) is 10.6. The van der Waals surface area contributed by atoms with Crippen molar-refractivity contribution in [2.75, 3.05) is 5.32 Å². The van der Waals surface area contributed by atoms with Gasteiger partial charge in [-0.1, -0.05) is 23.2 Å². The van der Waals surface area contributed by atoms with Gasteiger partial charge in [0.15, 0.2) is 0 Å². The predicted octanol–water partition coefficient (Wildman–Crippen LogP) is 4.61. The third-order valence-corrected chi connectivity index (χ3v) is 4.61. The van der Waals surface area contributed by atoms with Crippen molar-refractivity contribution in [3.63, 3.8) is 0 Å². The van der Waals surface area contributed by atoms with E-state index >= 15 is 0 Å². The van der Waals surface area contributed by atoms with Crippen LogP contribution >= 0.6 is 39.1 Å². The number of nitrogens with one attached hydrogen (secondary N) is 1. The number of halogens is 4. The molecule has 0 heterocycles. The molecule has 0 aromatic heterocycles. The Kier molecular flexibility index (Phi) is 5.08. The zero-order valence-corrected chi connectivity index (χ0v) is 13.7. The SMILES string of the molecule is NC(=O)c1ccc(F)c(CNc2ccc(Br)c(Cl)c2Cl)c1. The fourth-order valence-corrected chi connectivity index (χ4v) is 2.56. The van der Waals surface area contributed by atoms with Crippen molar-refractivity contribution in [1.29, 1.82) is 0 Å². The summed E-state index contributed by atoms with van der Waals surface area (Å²) in [5.41, 5.74) is 6.29. The lowest BCUT2D eigenvalue weighted by molar-refractivity contribution is 0.1000. The van der Waals surface area contributed by atoms with Gasteiger partial charge < -0.3 is 11.1 Å². The molecule has 0 radical (unpaired) electrons. The van der Waals surface area contributed by atoms with Crippen molar-refractivity contribution < 1.29 is 9.18 Å². The Balaban J connectivity index is 2.22. The molecule has 0 saturated heterocycles. The highest BCUT2D eigenvalue weighted by Crippen LogP contribution is 2.36. The van der Waals surface area contributed by atoms with E-state index in [2.05, 4.69) is 21.2 Å². The Bertz CT molecular complexity index is 710. The minimum Gasteiger partial charge on any atom is -0.380 e. The number of anilines is 1. The van der Waals surface area contributed by atoms with Crippen LogP contribution in [0, 0.1) is 5.82 Å². The van der Waals surface area contributed by atoms with Crippen LogP contribution in [0.25, 0.3) is 0 Å². The van der Waals surface area contributed by atoms with Gasteiger partial charge in [0.1, 0.15) is 5.82 Å². The van der Waals surface area contributed by atoms with Crippen LogP contribution in [0.5, 0.6) is 0 Å². The molecular formula is C14H10BrCl2FN2O. The van der Waals surface area contributed by atoms with Crippen molar-refractivity contribution in [1.82, 2.24) is 0 Å². The van der Waals surface area contributed by atoms with Crippen LogP contribution < -0.4 is 11.1 Å². The van der Waals surface area contributed by atoms with Gasteiger partial charge >= 0.3 is 0 Å². The van der Waals surface area contributed by atoms with Crippen LogP contribution in [0.15, 0.2) is 34.8 Å². The molecule has 0 aliphatic carbocycles. The summed E-state index contributed by atoms with van der Waals surface area (Å²) >= 11 is 15.4. The summed E-state index contributed by atoms with van der Waals surface area (Å²) in [6, 6.07) is 7.39. The molecule has 0 aliphatic heterocycles. The number of nitrogens with two attached hydrogens (primary N) is 1. The normalized spacial score (nSPS) is 10.5. The number of amides is 1. The van der Waals surface area contributed by atoms with E-state index in [1.165, 1.54) is 18.2 Å². The Morgan fingerprint density at radius 1 is 1.24 bits per heavy atom. The van der Waals surface area contributed by atoms with E-state index in [1.54, 1.807) is 12.1 Å². The first-order valence-corrected chi connectivity index (χ1v) is 7.40. The maximum Gasteiger partial charge on any atom is 0.248 e. The smallest absolute Gasteiger partial charge is 0.248 e. The van der Waals surface area contributed by atoms with Gasteiger partial charge in [-0.15, -0.1) is 0 Å². The van der Waals surface area contributed by atoms with Crippen molar-refractivity contribution in [2.24, 2.45) is 5.73 Å². The molecule has 0 spiro atoms. The van der Waals surface area contributed by atoms with E-state index < -0.39 is 11.7 Å². The highest BCUT2D eigenvalue weighted by molar-refractivity contribution is 9.10. The molecule has 0 saturated carbocycles. The Hall–Kier alpha value is -1.30. The average molecular weight is 392 g/mol. The van der Waals surface area contributed by atoms with Gasteiger partial charge in [0.2, 0.25) is 5.91 Å². The van der Waals surface area contributed by atoms with Crippen molar-refractivity contribution in [3.05, 3.63) is 61.8 Å². The summed E-state index contributed by atoms with van der Waals surface area (Å²) in [6.07, 6.45) is 0. The molecule has 3 N–H and O–H groups in total. The van der Waals surface area contributed by atoms with E-state index in [9.17, 15) is 9.18 Å². The molecule has 0 unspecified atom stereocenters. The standard InChI is InChI=1S/C14H10BrCl2FN2O/c15-9-2-4-11(13(17)12(9)16)20-6-8-5-7(14(19)21)1-3-10(8)18/h1-5,20H,6H2,(H2,19,21). The molecule has 0 atom stereocenters.